The molecule has 1 aliphatic rings. The summed E-state index contributed by atoms with van der Waals surface area (Å²) >= 11 is 1.38. The number of carbonyl (C=O) groups excluding carboxylic acids is 1. The molecule has 7 heteroatoms. The molecule has 0 atom stereocenters. The van der Waals surface area contributed by atoms with Gasteiger partial charge in [0.05, 0.1) is 22.9 Å². The Bertz CT molecular complexity index is 1290. The average molecular weight is 402 g/mol. The van der Waals surface area contributed by atoms with Crippen LogP contribution in [-0.2, 0) is 24.2 Å². The van der Waals surface area contributed by atoms with Crippen LogP contribution < -0.4 is 10.9 Å². The van der Waals surface area contributed by atoms with Gasteiger partial charge in [-0.25, -0.2) is 9.97 Å². The Kier molecular flexibility index (Phi) is 4.44. The summed E-state index contributed by atoms with van der Waals surface area (Å²) in [5.41, 5.74) is 5.12. The van der Waals surface area contributed by atoms with E-state index in [2.05, 4.69) is 33.5 Å². The van der Waals surface area contributed by atoms with Gasteiger partial charge in [0.25, 0.3) is 5.56 Å². The zero-order valence-electron chi connectivity index (χ0n) is 15.6. The third-order valence-electron chi connectivity index (χ3n) is 5.19. The van der Waals surface area contributed by atoms with Crippen LogP contribution in [0.1, 0.15) is 17.5 Å². The van der Waals surface area contributed by atoms with E-state index in [4.69, 9.17) is 0 Å². The summed E-state index contributed by atoms with van der Waals surface area (Å²) in [7, 11) is 0. The maximum absolute atomic E-state index is 12.5. The molecule has 0 bridgehead atoms. The van der Waals surface area contributed by atoms with Gasteiger partial charge in [-0.1, -0.05) is 24.3 Å². The molecule has 0 saturated carbocycles. The van der Waals surface area contributed by atoms with E-state index in [1.807, 2.05) is 11.4 Å². The number of amides is 1. The molecule has 6 nitrogen and oxygen atoms in total. The molecule has 1 amide bonds. The van der Waals surface area contributed by atoms with E-state index < -0.39 is 0 Å². The predicted octanol–water partition coefficient (Wildman–Crippen LogP) is 3.65. The number of anilines is 1. The SMILES string of the molecule is O=C(Cn1cnc2ccccc2c1=O)Nc1nc(-c2ccc3c(c2)CCC3)cs1. The lowest BCUT2D eigenvalue weighted by atomic mass is 10.1. The number of aryl methyl sites for hydroxylation is 2. The molecular weight excluding hydrogens is 384 g/mol. The second-order valence-electron chi connectivity index (χ2n) is 7.12. The third-order valence-corrected chi connectivity index (χ3v) is 5.95. The molecule has 0 saturated heterocycles. The Morgan fingerprint density at radius 1 is 1.14 bits per heavy atom. The van der Waals surface area contributed by atoms with Crippen molar-refractivity contribution in [3.63, 3.8) is 0 Å². The monoisotopic (exact) mass is 402 g/mol. The number of thiazole rings is 1. The molecule has 144 valence electrons. The third kappa shape index (κ3) is 3.45. The van der Waals surface area contributed by atoms with Crippen molar-refractivity contribution in [2.75, 3.05) is 5.32 Å². The van der Waals surface area contributed by atoms with Crippen LogP contribution in [0, 0.1) is 0 Å². The van der Waals surface area contributed by atoms with Crippen LogP contribution in [0.25, 0.3) is 22.2 Å². The van der Waals surface area contributed by atoms with E-state index in [-0.39, 0.29) is 18.0 Å². The Morgan fingerprint density at radius 3 is 2.93 bits per heavy atom. The number of hydrogen-bond acceptors (Lipinski definition) is 5. The van der Waals surface area contributed by atoms with Crippen molar-refractivity contribution in [2.24, 2.45) is 0 Å². The van der Waals surface area contributed by atoms with Crippen molar-refractivity contribution in [3.8, 4) is 11.3 Å². The van der Waals surface area contributed by atoms with Gasteiger partial charge in [-0.2, -0.15) is 0 Å². The Morgan fingerprint density at radius 2 is 2.00 bits per heavy atom. The second-order valence-corrected chi connectivity index (χ2v) is 7.98. The Balaban J connectivity index is 1.32. The highest BCUT2D eigenvalue weighted by Crippen LogP contribution is 2.30. The van der Waals surface area contributed by atoms with Gasteiger partial charge in [0.15, 0.2) is 5.13 Å². The van der Waals surface area contributed by atoms with Crippen LogP contribution in [0.4, 0.5) is 5.13 Å². The zero-order chi connectivity index (χ0) is 19.8. The summed E-state index contributed by atoms with van der Waals surface area (Å²) in [6.07, 6.45) is 4.88. The lowest BCUT2D eigenvalue weighted by Gasteiger charge is -2.06. The molecular formula is C22H18N4O2S. The minimum absolute atomic E-state index is 0.107. The highest BCUT2D eigenvalue weighted by molar-refractivity contribution is 7.14. The van der Waals surface area contributed by atoms with E-state index >= 15 is 0 Å². The fraction of sp³-hybridized carbons (Fsp3) is 0.182. The van der Waals surface area contributed by atoms with Gasteiger partial charge in [-0.05, 0) is 48.6 Å². The van der Waals surface area contributed by atoms with Crippen LogP contribution in [0.3, 0.4) is 0 Å². The first-order valence-corrected chi connectivity index (χ1v) is 10.4. The van der Waals surface area contributed by atoms with Crippen LogP contribution in [0.15, 0.2) is 59.0 Å². The standard InChI is InChI=1S/C22H18N4O2S/c27-20(11-26-13-23-18-7-2-1-6-17(18)21(26)28)25-22-24-19(12-29-22)16-9-8-14-4-3-5-15(14)10-16/h1-2,6-10,12-13H,3-5,11H2,(H,24,25,27). The number of nitrogens with zero attached hydrogens (tertiary/aromatic N) is 3. The average Bonchev–Trinajstić information content (AvgIpc) is 3.39. The Hall–Kier alpha value is -3.32. The van der Waals surface area contributed by atoms with Gasteiger partial charge in [0.1, 0.15) is 6.54 Å². The molecule has 29 heavy (non-hydrogen) atoms. The Labute approximate surface area is 170 Å². The summed E-state index contributed by atoms with van der Waals surface area (Å²) in [4.78, 5) is 33.8. The summed E-state index contributed by atoms with van der Waals surface area (Å²) in [5, 5.41) is 5.75. The van der Waals surface area contributed by atoms with Crippen molar-refractivity contribution in [2.45, 2.75) is 25.8 Å². The van der Waals surface area contributed by atoms with Crippen LogP contribution in [0.5, 0.6) is 0 Å². The maximum atomic E-state index is 12.5. The van der Waals surface area contributed by atoms with E-state index in [1.165, 1.54) is 39.8 Å². The molecule has 0 aliphatic heterocycles. The fourth-order valence-electron chi connectivity index (χ4n) is 3.73. The summed E-state index contributed by atoms with van der Waals surface area (Å²) in [5.74, 6) is -0.306. The number of aromatic nitrogens is 3. The van der Waals surface area contributed by atoms with Crippen LogP contribution in [-0.4, -0.2) is 20.4 Å². The quantitative estimate of drug-likeness (QED) is 0.565. The van der Waals surface area contributed by atoms with E-state index in [0.29, 0.717) is 16.0 Å². The van der Waals surface area contributed by atoms with Gasteiger partial charge in [-0.3, -0.25) is 14.2 Å². The first-order chi connectivity index (χ1) is 14.2. The number of benzene rings is 2. The molecule has 2 aromatic heterocycles. The smallest absolute Gasteiger partial charge is 0.261 e. The number of fused-ring (bicyclic) bond motifs is 2. The normalized spacial score (nSPS) is 12.8. The van der Waals surface area contributed by atoms with Crippen molar-refractivity contribution >= 4 is 33.3 Å². The summed E-state index contributed by atoms with van der Waals surface area (Å²) < 4.78 is 1.31. The highest BCUT2D eigenvalue weighted by atomic mass is 32.1. The minimum atomic E-state index is -0.306. The molecule has 1 aliphatic carbocycles. The molecule has 4 aromatic rings. The highest BCUT2D eigenvalue weighted by Gasteiger charge is 2.14. The largest absolute Gasteiger partial charge is 0.300 e. The first-order valence-electron chi connectivity index (χ1n) is 9.49. The predicted molar refractivity (Wildman–Crippen MR) is 114 cm³/mol. The number of nitrogens with one attached hydrogen (secondary N) is 1. The number of para-hydroxylation sites is 1. The van der Waals surface area contributed by atoms with Gasteiger partial charge in [0, 0.05) is 10.9 Å². The summed E-state index contributed by atoms with van der Waals surface area (Å²) in [6.45, 7) is -0.107. The molecule has 2 aromatic carbocycles. The van der Waals surface area contributed by atoms with Crippen molar-refractivity contribution < 1.29 is 4.79 Å². The van der Waals surface area contributed by atoms with Gasteiger partial charge < -0.3 is 5.32 Å². The minimum Gasteiger partial charge on any atom is -0.300 e. The molecule has 0 radical (unpaired) electrons. The molecule has 5 rings (SSSR count). The topological polar surface area (TPSA) is 76.9 Å². The van der Waals surface area contributed by atoms with Crippen LogP contribution >= 0.6 is 11.3 Å². The lowest BCUT2D eigenvalue weighted by molar-refractivity contribution is -0.116. The molecule has 1 N–H and O–H groups in total. The molecule has 0 fully saturated rings. The molecule has 0 unspecified atom stereocenters. The van der Waals surface area contributed by atoms with E-state index in [0.717, 1.165) is 24.1 Å². The maximum Gasteiger partial charge on any atom is 0.261 e. The number of carbonyl (C=O) groups is 1. The van der Waals surface area contributed by atoms with E-state index in [1.54, 1.807) is 18.2 Å². The van der Waals surface area contributed by atoms with Gasteiger partial charge >= 0.3 is 0 Å². The molecule has 0 spiro atoms. The van der Waals surface area contributed by atoms with Crippen molar-refractivity contribution in [1.29, 1.82) is 0 Å². The zero-order valence-corrected chi connectivity index (χ0v) is 16.4. The second kappa shape index (κ2) is 7.25. The fourth-order valence-corrected chi connectivity index (χ4v) is 4.46. The number of hydrogen-bond donors (Lipinski definition) is 1. The first kappa shape index (κ1) is 17.8. The van der Waals surface area contributed by atoms with Gasteiger partial charge in [0.2, 0.25) is 5.91 Å². The molecule has 2 heterocycles. The van der Waals surface area contributed by atoms with Gasteiger partial charge in [-0.15, -0.1) is 11.3 Å². The van der Waals surface area contributed by atoms with Crippen molar-refractivity contribution in [3.05, 3.63) is 75.7 Å². The number of rotatable bonds is 4. The van der Waals surface area contributed by atoms with E-state index in [9.17, 15) is 9.59 Å². The van der Waals surface area contributed by atoms with Crippen molar-refractivity contribution in [1.82, 2.24) is 14.5 Å². The van der Waals surface area contributed by atoms with Crippen LogP contribution in [0.2, 0.25) is 0 Å². The lowest BCUT2D eigenvalue weighted by Crippen LogP contribution is -2.27. The summed E-state index contributed by atoms with van der Waals surface area (Å²) in [6, 6.07) is 13.6.